The van der Waals surface area contributed by atoms with Crippen LogP contribution in [0, 0.1) is 0 Å². The number of pyridine rings is 1. The molecular formula is C14H18N2O5. The van der Waals surface area contributed by atoms with Crippen LogP contribution in [0.3, 0.4) is 0 Å². The minimum absolute atomic E-state index is 0.263. The monoisotopic (exact) mass is 294 g/mol. The second kappa shape index (κ2) is 9.62. The Kier molecular flexibility index (Phi) is 7.70. The number of ether oxygens (including phenoxy) is 2. The fourth-order valence-corrected chi connectivity index (χ4v) is 1.38. The minimum Gasteiger partial charge on any atom is -0.478 e. The average molecular weight is 294 g/mol. The average Bonchev–Trinajstić information content (AvgIpc) is 2.49. The molecule has 1 aromatic rings. The molecule has 0 aromatic carbocycles. The molecule has 1 rings (SSSR count). The normalized spacial score (nSPS) is 10.7. The number of carbonyl (C=O) groups is 2. The van der Waals surface area contributed by atoms with E-state index in [1.165, 1.54) is 18.3 Å². The quantitative estimate of drug-likeness (QED) is 0.510. The lowest BCUT2D eigenvalue weighted by Crippen LogP contribution is -2.28. The van der Waals surface area contributed by atoms with Crippen molar-refractivity contribution in [3.05, 3.63) is 35.7 Å². The molecule has 1 amide bonds. The highest BCUT2D eigenvalue weighted by atomic mass is 16.5. The lowest BCUT2D eigenvalue weighted by atomic mass is 10.2. The Morgan fingerprint density at radius 1 is 1.33 bits per heavy atom. The van der Waals surface area contributed by atoms with Gasteiger partial charge < -0.3 is 19.9 Å². The second-order valence-corrected chi connectivity index (χ2v) is 4.01. The molecule has 0 unspecified atom stereocenters. The molecule has 114 valence electrons. The van der Waals surface area contributed by atoms with Crippen LogP contribution in [0.25, 0.3) is 6.08 Å². The Morgan fingerprint density at radius 2 is 2.14 bits per heavy atom. The molecule has 0 aliphatic rings. The third-order valence-electron chi connectivity index (χ3n) is 2.40. The molecule has 7 heteroatoms. The molecule has 1 heterocycles. The first kappa shape index (κ1) is 16.8. The van der Waals surface area contributed by atoms with E-state index >= 15 is 0 Å². The minimum atomic E-state index is -1.04. The Morgan fingerprint density at radius 3 is 2.76 bits per heavy atom. The van der Waals surface area contributed by atoms with Gasteiger partial charge >= 0.3 is 5.97 Å². The van der Waals surface area contributed by atoms with Gasteiger partial charge in [-0.1, -0.05) is 6.07 Å². The van der Waals surface area contributed by atoms with Crippen molar-refractivity contribution in [1.82, 2.24) is 10.3 Å². The first-order valence-corrected chi connectivity index (χ1v) is 6.35. The Labute approximate surface area is 122 Å². The van der Waals surface area contributed by atoms with Gasteiger partial charge in [-0.3, -0.25) is 9.78 Å². The van der Waals surface area contributed by atoms with Gasteiger partial charge in [0, 0.05) is 25.9 Å². The topological polar surface area (TPSA) is 97.8 Å². The van der Waals surface area contributed by atoms with Crippen LogP contribution in [0.4, 0.5) is 0 Å². The number of methoxy groups -OCH3 is 1. The third-order valence-corrected chi connectivity index (χ3v) is 2.40. The van der Waals surface area contributed by atoms with Crippen molar-refractivity contribution < 1.29 is 24.2 Å². The summed E-state index contributed by atoms with van der Waals surface area (Å²) in [5.74, 6) is -1.34. The van der Waals surface area contributed by atoms with Crippen molar-refractivity contribution in [2.45, 2.75) is 0 Å². The third kappa shape index (κ3) is 7.19. The number of nitrogens with one attached hydrogen (secondary N) is 1. The summed E-state index contributed by atoms with van der Waals surface area (Å²) in [5.41, 5.74) is 0.871. The van der Waals surface area contributed by atoms with E-state index in [2.05, 4.69) is 10.3 Å². The summed E-state index contributed by atoms with van der Waals surface area (Å²) in [4.78, 5) is 26.1. The van der Waals surface area contributed by atoms with Gasteiger partial charge in [-0.25, -0.2) is 4.79 Å². The van der Waals surface area contributed by atoms with Crippen LogP contribution in [0.1, 0.15) is 16.1 Å². The lowest BCUT2D eigenvalue weighted by Gasteiger charge is -2.06. The van der Waals surface area contributed by atoms with E-state index in [1.54, 1.807) is 13.2 Å². The highest BCUT2D eigenvalue weighted by Crippen LogP contribution is 2.02. The van der Waals surface area contributed by atoms with E-state index in [1.807, 2.05) is 0 Å². The SMILES string of the molecule is COCCOCCNC(=O)c1ccc(C=CC(=O)O)cn1. The Hall–Kier alpha value is -2.25. The first-order chi connectivity index (χ1) is 10.1. The summed E-state index contributed by atoms with van der Waals surface area (Å²) in [5, 5.41) is 11.2. The van der Waals surface area contributed by atoms with Gasteiger partial charge in [-0.2, -0.15) is 0 Å². The molecule has 0 atom stereocenters. The molecule has 0 spiro atoms. The maximum absolute atomic E-state index is 11.7. The number of carboxylic acid groups (broad SMARTS) is 1. The van der Waals surface area contributed by atoms with E-state index in [-0.39, 0.29) is 11.6 Å². The van der Waals surface area contributed by atoms with Crippen molar-refractivity contribution in [2.75, 3.05) is 33.5 Å². The fraction of sp³-hybridized carbons (Fsp3) is 0.357. The molecule has 0 aliphatic heterocycles. The summed E-state index contributed by atoms with van der Waals surface area (Å²) in [6.07, 6.45) is 3.85. The number of hydrogen-bond acceptors (Lipinski definition) is 5. The molecule has 2 N–H and O–H groups in total. The molecule has 0 saturated heterocycles. The molecule has 0 radical (unpaired) electrons. The van der Waals surface area contributed by atoms with Crippen molar-refractivity contribution >= 4 is 18.0 Å². The molecule has 0 aliphatic carbocycles. The summed E-state index contributed by atoms with van der Waals surface area (Å²) >= 11 is 0. The summed E-state index contributed by atoms with van der Waals surface area (Å²) in [6.45, 7) is 1.77. The standard InChI is InChI=1S/C14H18N2O5/c1-20-8-9-21-7-6-15-14(19)12-4-2-11(10-16-12)3-5-13(17)18/h2-5,10H,6-9H2,1H3,(H,15,19)(H,17,18). The lowest BCUT2D eigenvalue weighted by molar-refractivity contribution is -0.131. The number of aliphatic carboxylic acids is 1. The number of carbonyl (C=O) groups excluding carboxylic acids is 1. The van der Waals surface area contributed by atoms with Crippen LogP contribution < -0.4 is 5.32 Å². The van der Waals surface area contributed by atoms with Crippen LogP contribution in [0.2, 0.25) is 0 Å². The maximum atomic E-state index is 11.7. The van der Waals surface area contributed by atoms with Crippen LogP contribution >= 0.6 is 0 Å². The fourth-order valence-electron chi connectivity index (χ4n) is 1.38. The molecule has 0 fully saturated rings. The number of aromatic nitrogens is 1. The highest BCUT2D eigenvalue weighted by Gasteiger charge is 2.05. The van der Waals surface area contributed by atoms with Crippen LogP contribution in [-0.4, -0.2) is 55.4 Å². The second-order valence-electron chi connectivity index (χ2n) is 4.01. The van der Waals surface area contributed by atoms with Gasteiger partial charge in [0.15, 0.2) is 0 Å². The largest absolute Gasteiger partial charge is 0.478 e. The number of nitrogens with zero attached hydrogens (tertiary/aromatic N) is 1. The van der Waals surface area contributed by atoms with Crippen molar-refractivity contribution in [3.63, 3.8) is 0 Å². The predicted octanol–water partition coefficient (Wildman–Crippen LogP) is 0.572. The van der Waals surface area contributed by atoms with E-state index in [0.717, 1.165) is 6.08 Å². The number of rotatable bonds is 9. The van der Waals surface area contributed by atoms with Gasteiger partial charge in [0.05, 0.1) is 19.8 Å². The van der Waals surface area contributed by atoms with Crippen molar-refractivity contribution in [3.8, 4) is 0 Å². The van der Waals surface area contributed by atoms with Gasteiger partial charge in [0.2, 0.25) is 0 Å². The maximum Gasteiger partial charge on any atom is 0.328 e. The predicted molar refractivity (Wildman–Crippen MR) is 75.9 cm³/mol. The van der Waals surface area contributed by atoms with Gasteiger partial charge in [0.25, 0.3) is 5.91 Å². The Balaban J connectivity index is 2.36. The van der Waals surface area contributed by atoms with Crippen LogP contribution in [0.15, 0.2) is 24.4 Å². The van der Waals surface area contributed by atoms with Crippen molar-refractivity contribution in [1.29, 1.82) is 0 Å². The summed E-state index contributed by atoms with van der Waals surface area (Å²) in [6, 6.07) is 3.15. The first-order valence-electron chi connectivity index (χ1n) is 6.35. The zero-order valence-corrected chi connectivity index (χ0v) is 11.7. The zero-order valence-electron chi connectivity index (χ0n) is 11.7. The van der Waals surface area contributed by atoms with Crippen molar-refractivity contribution in [2.24, 2.45) is 0 Å². The van der Waals surface area contributed by atoms with Gasteiger partial charge in [-0.05, 0) is 17.7 Å². The van der Waals surface area contributed by atoms with Crippen LogP contribution in [0.5, 0.6) is 0 Å². The molecule has 7 nitrogen and oxygen atoms in total. The number of hydrogen-bond donors (Lipinski definition) is 2. The molecular weight excluding hydrogens is 276 g/mol. The van der Waals surface area contributed by atoms with Gasteiger partial charge in [-0.15, -0.1) is 0 Å². The number of carboxylic acids is 1. The van der Waals surface area contributed by atoms with E-state index < -0.39 is 5.97 Å². The number of amides is 1. The van der Waals surface area contributed by atoms with Gasteiger partial charge in [0.1, 0.15) is 5.69 Å². The smallest absolute Gasteiger partial charge is 0.328 e. The summed E-state index contributed by atoms with van der Waals surface area (Å²) < 4.78 is 10.0. The molecule has 1 aromatic heterocycles. The molecule has 21 heavy (non-hydrogen) atoms. The molecule has 0 saturated carbocycles. The van der Waals surface area contributed by atoms with Crippen LogP contribution in [-0.2, 0) is 14.3 Å². The zero-order chi connectivity index (χ0) is 15.5. The van der Waals surface area contributed by atoms with E-state index in [0.29, 0.717) is 31.9 Å². The van der Waals surface area contributed by atoms with E-state index in [9.17, 15) is 9.59 Å². The van der Waals surface area contributed by atoms with E-state index in [4.69, 9.17) is 14.6 Å². The Bertz CT molecular complexity index is 485. The highest BCUT2D eigenvalue weighted by molar-refractivity contribution is 5.92. The summed E-state index contributed by atoms with van der Waals surface area (Å²) in [7, 11) is 1.59. The molecule has 0 bridgehead atoms.